The number of ether oxygens (including phenoxy) is 1. The lowest BCUT2D eigenvalue weighted by Gasteiger charge is -2.20. The highest BCUT2D eigenvalue weighted by molar-refractivity contribution is 5.77. The average Bonchev–Trinajstić information content (AvgIpc) is 3.18. The normalized spacial score (nSPS) is 11.9. The number of fused-ring (bicyclic) bond motifs is 1. The zero-order valence-corrected chi connectivity index (χ0v) is 18.1. The largest absolute Gasteiger partial charge is 0.494 e. The fourth-order valence-electron chi connectivity index (χ4n) is 3.85. The van der Waals surface area contributed by atoms with Gasteiger partial charge >= 0.3 is 5.69 Å². The quantitative estimate of drug-likeness (QED) is 0.367. The molecule has 4 aromatic rings. The summed E-state index contributed by atoms with van der Waals surface area (Å²) in [4.78, 5) is 29.7. The summed E-state index contributed by atoms with van der Waals surface area (Å²) in [6, 6.07) is 23.4. The van der Waals surface area contributed by atoms with Crippen molar-refractivity contribution in [2.45, 2.75) is 32.2 Å². The summed E-state index contributed by atoms with van der Waals surface area (Å²) in [7, 11) is 0. The van der Waals surface area contributed by atoms with Crippen molar-refractivity contribution < 1.29 is 9.53 Å². The molecule has 6 nitrogen and oxygen atoms in total. The second-order valence-corrected chi connectivity index (χ2v) is 7.73. The van der Waals surface area contributed by atoms with Gasteiger partial charge in [-0.25, -0.2) is 4.79 Å². The second-order valence-electron chi connectivity index (χ2n) is 7.73. The number of aromatic amines is 2. The first-order valence-electron chi connectivity index (χ1n) is 10.9. The molecule has 4 rings (SSSR count). The molecule has 1 amide bonds. The molecule has 3 N–H and O–H groups in total. The Labute approximate surface area is 186 Å². The van der Waals surface area contributed by atoms with Crippen molar-refractivity contribution >= 4 is 16.9 Å². The molecular formula is C26H27N3O3. The van der Waals surface area contributed by atoms with Gasteiger partial charge < -0.3 is 20.0 Å². The molecule has 6 heteroatoms. The molecule has 32 heavy (non-hydrogen) atoms. The maximum atomic E-state index is 12.8. The number of carbonyl (C=O) groups excluding carboxylic acids is 1. The highest BCUT2D eigenvalue weighted by atomic mass is 16.5. The minimum Gasteiger partial charge on any atom is -0.494 e. The van der Waals surface area contributed by atoms with E-state index in [4.69, 9.17) is 4.74 Å². The van der Waals surface area contributed by atoms with Gasteiger partial charge in [-0.1, -0.05) is 48.5 Å². The van der Waals surface area contributed by atoms with E-state index in [1.54, 1.807) is 0 Å². The van der Waals surface area contributed by atoms with Crippen LogP contribution in [0.4, 0.5) is 0 Å². The van der Waals surface area contributed by atoms with E-state index < -0.39 is 0 Å². The predicted octanol–water partition coefficient (Wildman–Crippen LogP) is 4.48. The first-order chi connectivity index (χ1) is 15.6. The third-order valence-corrected chi connectivity index (χ3v) is 5.41. The average molecular weight is 430 g/mol. The number of benzene rings is 3. The van der Waals surface area contributed by atoms with Gasteiger partial charge in [-0.15, -0.1) is 0 Å². The van der Waals surface area contributed by atoms with Crippen molar-refractivity contribution in [3.63, 3.8) is 0 Å². The van der Waals surface area contributed by atoms with E-state index in [9.17, 15) is 9.59 Å². The summed E-state index contributed by atoms with van der Waals surface area (Å²) in [5.74, 6) is 0.819. The van der Waals surface area contributed by atoms with E-state index >= 15 is 0 Å². The number of hydrogen-bond acceptors (Lipinski definition) is 3. The lowest BCUT2D eigenvalue weighted by atomic mass is 9.98. The van der Waals surface area contributed by atoms with Crippen LogP contribution >= 0.6 is 0 Å². The third kappa shape index (κ3) is 5.27. The molecule has 1 atom stereocenters. The molecule has 3 aromatic carbocycles. The first-order valence-corrected chi connectivity index (χ1v) is 10.9. The van der Waals surface area contributed by atoms with Gasteiger partial charge in [0.15, 0.2) is 0 Å². The molecule has 1 aromatic heterocycles. The number of aromatic nitrogens is 2. The highest BCUT2D eigenvalue weighted by Crippen LogP contribution is 2.24. The van der Waals surface area contributed by atoms with Crippen molar-refractivity contribution in [2.75, 3.05) is 6.61 Å². The third-order valence-electron chi connectivity index (χ3n) is 5.41. The van der Waals surface area contributed by atoms with Gasteiger partial charge in [0.1, 0.15) is 5.75 Å². The van der Waals surface area contributed by atoms with E-state index in [0.29, 0.717) is 13.0 Å². The number of H-pyrrole nitrogens is 2. The van der Waals surface area contributed by atoms with Crippen LogP contribution in [-0.2, 0) is 11.2 Å². The topological polar surface area (TPSA) is 87.0 Å². The Bertz CT molecular complexity index is 1230. The molecular weight excluding hydrogens is 402 g/mol. The van der Waals surface area contributed by atoms with E-state index in [0.717, 1.165) is 46.3 Å². The van der Waals surface area contributed by atoms with E-state index in [-0.39, 0.29) is 17.6 Å². The van der Waals surface area contributed by atoms with Gasteiger partial charge in [-0.2, -0.15) is 0 Å². The van der Waals surface area contributed by atoms with Gasteiger partial charge in [0, 0.05) is 6.42 Å². The molecule has 1 unspecified atom stereocenters. The van der Waals surface area contributed by atoms with Gasteiger partial charge in [0.2, 0.25) is 5.91 Å². The number of aryl methyl sites for hydroxylation is 1. The zero-order chi connectivity index (χ0) is 22.3. The Hall–Kier alpha value is -3.80. The lowest BCUT2D eigenvalue weighted by Crippen LogP contribution is -2.29. The van der Waals surface area contributed by atoms with Crippen LogP contribution in [0.5, 0.6) is 5.75 Å². The standard InChI is InChI=1S/C26H27N3O3/c1-2-32-21-14-12-20(13-15-21)25(19-8-4-3-5-9-19)29-24(30)10-6-7-18-11-16-22-23(17-18)28-26(31)27-22/h3-5,8-9,11-17,25H,2,6-7,10H2,1H3,(H,29,30)(H2,27,28,31). The predicted molar refractivity (Wildman–Crippen MR) is 126 cm³/mol. The minimum atomic E-state index is -0.222. The van der Waals surface area contributed by atoms with Crippen LogP contribution in [0.15, 0.2) is 77.6 Å². The van der Waals surface area contributed by atoms with Crippen LogP contribution in [0.2, 0.25) is 0 Å². The Morgan fingerprint density at radius 3 is 2.41 bits per heavy atom. The van der Waals surface area contributed by atoms with E-state index in [1.165, 1.54) is 0 Å². The number of nitrogens with one attached hydrogen (secondary N) is 3. The molecule has 164 valence electrons. The molecule has 0 aliphatic carbocycles. The first kappa shape index (κ1) is 21.4. The number of hydrogen-bond donors (Lipinski definition) is 3. The van der Waals surface area contributed by atoms with Crippen molar-refractivity contribution in [3.8, 4) is 5.75 Å². The maximum absolute atomic E-state index is 12.8. The summed E-state index contributed by atoms with van der Waals surface area (Å²) in [5, 5.41) is 3.19. The van der Waals surface area contributed by atoms with Crippen molar-refractivity contribution in [1.82, 2.24) is 15.3 Å². The Kier molecular flexibility index (Phi) is 6.70. The summed E-state index contributed by atoms with van der Waals surface area (Å²) < 4.78 is 5.54. The number of carbonyl (C=O) groups is 1. The van der Waals surface area contributed by atoms with Gasteiger partial charge in [0.05, 0.1) is 23.7 Å². The molecule has 0 aliphatic rings. The van der Waals surface area contributed by atoms with Gasteiger partial charge in [-0.3, -0.25) is 4.79 Å². The van der Waals surface area contributed by atoms with E-state index in [1.807, 2.05) is 79.7 Å². The monoisotopic (exact) mass is 429 g/mol. The van der Waals surface area contributed by atoms with Crippen LogP contribution in [0.3, 0.4) is 0 Å². The summed E-state index contributed by atoms with van der Waals surface area (Å²) in [6.07, 6.45) is 1.90. The van der Waals surface area contributed by atoms with Crippen LogP contribution in [0.1, 0.15) is 42.5 Å². The maximum Gasteiger partial charge on any atom is 0.323 e. The molecule has 0 radical (unpaired) electrons. The minimum absolute atomic E-state index is 0.00358. The number of imidazole rings is 1. The molecule has 0 fully saturated rings. The highest BCUT2D eigenvalue weighted by Gasteiger charge is 2.17. The smallest absolute Gasteiger partial charge is 0.323 e. The summed E-state index contributed by atoms with van der Waals surface area (Å²) in [5.41, 5.74) is 4.50. The van der Waals surface area contributed by atoms with Crippen LogP contribution in [-0.4, -0.2) is 22.5 Å². The van der Waals surface area contributed by atoms with E-state index in [2.05, 4.69) is 15.3 Å². The Morgan fingerprint density at radius 2 is 1.66 bits per heavy atom. The number of amides is 1. The second kappa shape index (κ2) is 10.0. The van der Waals surface area contributed by atoms with Gasteiger partial charge in [-0.05, 0) is 60.7 Å². The fraction of sp³-hybridized carbons (Fsp3) is 0.231. The Morgan fingerprint density at radius 1 is 0.938 bits per heavy atom. The van der Waals surface area contributed by atoms with Crippen molar-refractivity contribution in [1.29, 1.82) is 0 Å². The zero-order valence-electron chi connectivity index (χ0n) is 18.1. The molecule has 0 saturated carbocycles. The Balaban J connectivity index is 1.40. The fourth-order valence-corrected chi connectivity index (χ4v) is 3.85. The van der Waals surface area contributed by atoms with Crippen LogP contribution in [0.25, 0.3) is 11.0 Å². The van der Waals surface area contributed by atoms with Crippen LogP contribution < -0.4 is 15.7 Å². The van der Waals surface area contributed by atoms with Crippen molar-refractivity contribution in [3.05, 3.63) is 100.0 Å². The molecule has 0 bridgehead atoms. The van der Waals surface area contributed by atoms with Crippen LogP contribution in [0, 0.1) is 0 Å². The summed E-state index contributed by atoms with van der Waals surface area (Å²) in [6.45, 7) is 2.57. The van der Waals surface area contributed by atoms with Crippen molar-refractivity contribution in [2.24, 2.45) is 0 Å². The molecule has 1 heterocycles. The molecule has 0 saturated heterocycles. The SMILES string of the molecule is CCOc1ccc(C(NC(=O)CCCc2ccc3[nH]c(=O)[nH]c3c2)c2ccccc2)cc1. The lowest BCUT2D eigenvalue weighted by molar-refractivity contribution is -0.121. The number of rotatable bonds is 9. The molecule has 0 spiro atoms. The summed E-state index contributed by atoms with van der Waals surface area (Å²) >= 11 is 0. The molecule has 0 aliphatic heterocycles. The van der Waals surface area contributed by atoms with Gasteiger partial charge in [0.25, 0.3) is 0 Å².